The molecule has 0 aliphatic carbocycles. The Morgan fingerprint density at radius 2 is 2.50 bits per heavy atom. The molecule has 2 aromatic rings. The molecule has 96 valence electrons. The van der Waals surface area contributed by atoms with E-state index in [0.717, 1.165) is 41.0 Å². The highest BCUT2D eigenvalue weighted by molar-refractivity contribution is 7.71. The highest BCUT2D eigenvalue weighted by Crippen LogP contribution is 2.30. The zero-order valence-electron chi connectivity index (χ0n) is 9.56. The van der Waals surface area contributed by atoms with Crippen LogP contribution >= 0.6 is 35.2 Å². The number of H-pyrrole nitrogens is 1. The van der Waals surface area contributed by atoms with Gasteiger partial charge in [0.25, 0.3) is 0 Å². The van der Waals surface area contributed by atoms with Crippen LogP contribution in [0.15, 0.2) is 12.1 Å². The quantitative estimate of drug-likeness (QED) is 0.882. The molecule has 1 fully saturated rings. The summed E-state index contributed by atoms with van der Waals surface area (Å²) in [5.74, 6) is 0.840. The topological polar surface area (TPSA) is 42.8 Å². The molecule has 0 aromatic carbocycles. The minimum absolute atomic E-state index is 0.239. The minimum Gasteiger partial charge on any atom is -0.376 e. The van der Waals surface area contributed by atoms with Crippen LogP contribution in [0.3, 0.4) is 0 Å². The maximum atomic E-state index is 5.96. The van der Waals surface area contributed by atoms with Crippen LogP contribution in [0.25, 0.3) is 10.7 Å². The van der Waals surface area contributed by atoms with Crippen LogP contribution in [-0.4, -0.2) is 27.5 Å². The smallest absolute Gasteiger partial charge is 0.195 e. The number of nitrogens with zero attached hydrogens (tertiary/aromatic N) is 2. The van der Waals surface area contributed by atoms with E-state index in [0.29, 0.717) is 4.77 Å². The van der Waals surface area contributed by atoms with Crippen molar-refractivity contribution < 1.29 is 4.74 Å². The Labute approximate surface area is 119 Å². The number of rotatable bonds is 3. The van der Waals surface area contributed by atoms with Gasteiger partial charge in [-0.15, -0.1) is 11.3 Å². The lowest BCUT2D eigenvalue weighted by Gasteiger charge is -2.11. The maximum Gasteiger partial charge on any atom is 0.195 e. The van der Waals surface area contributed by atoms with Gasteiger partial charge in [-0.3, -0.25) is 9.67 Å². The van der Waals surface area contributed by atoms with E-state index in [1.165, 1.54) is 11.3 Å². The predicted octanol–water partition coefficient (Wildman–Crippen LogP) is 3.50. The molecule has 1 N–H and O–H groups in total. The molecule has 2 aromatic heterocycles. The number of halogens is 1. The fraction of sp³-hybridized carbons (Fsp3) is 0.455. The molecule has 0 bridgehead atoms. The fourth-order valence-electron chi connectivity index (χ4n) is 2.10. The highest BCUT2D eigenvalue weighted by atomic mass is 35.5. The zero-order valence-corrected chi connectivity index (χ0v) is 11.9. The third-order valence-corrected chi connectivity index (χ3v) is 4.50. The van der Waals surface area contributed by atoms with Crippen molar-refractivity contribution in [3.63, 3.8) is 0 Å². The fourth-order valence-corrected chi connectivity index (χ4v) is 3.35. The molecule has 18 heavy (non-hydrogen) atoms. The van der Waals surface area contributed by atoms with Crippen molar-refractivity contribution in [2.45, 2.75) is 25.5 Å². The highest BCUT2D eigenvalue weighted by Gasteiger charge is 2.19. The van der Waals surface area contributed by atoms with Crippen LogP contribution in [0.5, 0.6) is 0 Å². The molecule has 0 radical (unpaired) electrons. The van der Waals surface area contributed by atoms with E-state index < -0.39 is 0 Å². The van der Waals surface area contributed by atoms with Crippen molar-refractivity contribution in [2.24, 2.45) is 0 Å². The van der Waals surface area contributed by atoms with Gasteiger partial charge in [-0.25, -0.2) is 0 Å². The van der Waals surface area contributed by atoms with Crippen LogP contribution < -0.4 is 0 Å². The number of hydrogen-bond acceptors (Lipinski definition) is 4. The van der Waals surface area contributed by atoms with Gasteiger partial charge in [0.15, 0.2) is 10.6 Å². The second kappa shape index (κ2) is 5.13. The molecule has 0 spiro atoms. The number of aromatic amines is 1. The molecular weight excluding hydrogens is 290 g/mol. The monoisotopic (exact) mass is 301 g/mol. The number of hydrogen-bond donors (Lipinski definition) is 1. The summed E-state index contributed by atoms with van der Waals surface area (Å²) in [4.78, 5) is 1.02. The van der Waals surface area contributed by atoms with Crippen molar-refractivity contribution in [1.82, 2.24) is 14.8 Å². The van der Waals surface area contributed by atoms with Gasteiger partial charge in [-0.05, 0) is 37.2 Å². The summed E-state index contributed by atoms with van der Waals surface area (Å²) in [5.41, 5.74) is 0. The molecule has 1 aliphatic heterocycles. The molecule has 3 heterocycles. The van der Waals surface area contributed by atoms with Gasteiger partial charge < -0.3 is 4.74 Å². The molecule has 3 rings (SSSR count). The Morgan fingerprint density at radius 1 is 1.61 bits per heavy atom. The van der Waals surface area contributed by atoms with E-state index >= 15 is 0 Å². The van der Waals surface area contributed by atoms with Gasteiger partial charge in [0.1, 0.15) is 0 Å². The van der Waals surface area contributed by atoms with E-state index in [1.54, 1.807) is 0 Å². The molecule has 7 heteroatoms. The molecule has 4 nitrogen and oxygen atoms in total. The van der Waals surface area contributed by atoms with Gasteiger partial charge >= 0.3 is 0 Å². The molecular formula is C11H12ClN3OS2. The van der Waals surface area contributed by atoms with Crippen LogP contribution in [0.1, 0.15) is 12.8 Å². The Balaban J connectivity index is 1.93. The lowest BCUT2D eigenvalue weighted by Crippen LogP contribution is -2.15. The SMILES string of the molecule is S=c1[nH]nc(-c2ccc(Cl)s2)n1C[C@H]1CCCO1. The summed E-state index contributed by atoms with van der Waals surface area (Å²) in [5, 5.41) is 7.13. The molecule has 0 saturated carbocycles. The Kier molecular flexibility index (Phi) is 3.52. The minimum atomic E-state index is 0.239. The van der Waals surface area contributed by atoms with Crippen LogP contribution in [0, 0.1) is 4.77 Å². The number of ether oxygens (including phenoxy) is 1. The van der Waals surface area contributed by atoms with Gasteiger partial charge in [0.05, 0.1) is 21.9 Å². The summed E-state index contributed by atoms with van der Waals surface area (Å²) in [6, 6.07) is 3.83. The summed E-state index contributed by atoms with van der Waals surface area (Å²) in [6.07, 6.45) is 2.44. The van der Waals surface area contributed by atoms with E-state index in [9.17, 15) is 0 Å². The van der Waals surface area contributed by atoms with Crippen LogP contribution in [0.2, 0.25) is 4.34 Å². The van der Waals surface area contributed by atoms with Crippen molar-refractivity contribution in [2.75, 3.05) is 6.61 Å². The standard InChI is InChI=1S/C11H12ClN3OS2/c12-9-4-3-8(18-9)10-13-14-11(17)15(10)6-7-2-1-5-16-7/h3-4,7H,1-2,5-6H2,(H,14,17)/t7-/m1/s1. The molecule has 1 atom stereocenters. The summed E-state index contributed by atoms with van der Waals surface area (Å²) in [6.45, 7) is 1.59. The second-order valence-electron chi connectivity index (χ2n) is 4.20. The van der Waals surface area contributed by atoms with Crippen molar-refractivity contribution >= 4 is 35.2 Å². The van der Waals surface area contributed by atoms with E-state index in [1.807, 2.05) is 16.7 Å². The number of nitrogens with one attached hydrogen (secondary N) is 1. The molecule has 1 saturated heterocycles. The summed E-state index contributed by atoms with van der Waals surface area (Å²) >= 11 is 12.7. The average Bonchev–Trinajstić information content (AvgIpc) is 3.04. The van der Waals surface area contributed by atoms with E-state index in [2.05, 4.69) is 10.2 Å². The first-order valence-electron chi connectivity index (χ1n) is 5.76. The zero-order chi connectivity index (χ0) is 12.5. The third-order valence-electron chi connectivity index (χ3n) is 2.96. The first kappa shape index (κ1) is 12.3. The van der Waals surface area contributed by atoms with E-state index in [-0.39, 0.29) is 6.10 Å². The number of aromatic nitrogens is 3. The van der Waals surface area contributed by atoms with Gasteiger partial charge in [-0.2, -0.15) is 5.10 Å². The maximum absolute atomic E-state index is 5.96. The van der Waals surface area contributed by atoms with Gasteiger partial charge in [0.2, 0.25) is 0 Å². The lowest BCUT2D eigenvalue weighted by atomic mass is 10.2. The molecule has 1 aliphatic rings. The summed E-state index contributed by atoms with van der Waals surface area (Å²) in [7, 11) is 0. The first-order chi connectivity index (χ1) is 8.74. The predicted molar refractivity (Wildman–Crippen MR) is 74.7 cm³/mol. The van der Waals surface area contributed by atoms with Crippen LogP contribution in [-0.2, 0) is 11.3 Å². The second-order valence-corrected chi connectivity index (χ2v) is 6.30. The van der Waals surface area contributed by atoms with Crippen LogP contribution in [0.4, 0.5) is 0 Å². The Morgan fingerprint density at radius 3 is 3.17 bits per heavy atom. The van der Waals surface area contributed by atoms with Crippen molar-refractivity contribution in [3.05, 3.63) is 21.2 Å². The van der Waals surface area contributed by atoms with Crippen molar-refractivity contribution in [1.29, 1.82) is 0 Å². The van der Waals surface area contributed by atoms with Gasteiger partial charge in [0, 0.05) is 6.61 Å². The third kappa shape index (κ3) is 2.38. The Bertz CT molecular complexity index is 597. The summed E-state index contributed by atoms with van der Waals surface area (Å²) < 4.78 is 9.02. The number of thiophene rings is 1. The Hall–Kier alpha value is -0.690. The van der Waals surface area contributed by atoms with Crippen molar-refractivity contribution in [3.8, 4) is 10.7 Å². The lowest BCUT2D eigenvalue weighted by molar-refractivity contribution is 0.0970. The largest absolute Gasteiger partial charge is 0.376 e. The first-order valence-corrected chi connectivity index (χ1v) is 7.37. The van der Waals surface area contributed by atoms with Gasteiger partial charge in [-0.1, -0.05) is 11.6 Å². The average molecular weight is 302 g/mol. The molecule has 0 amide bonds. The normalized spacial score (nSPS) is 19.5. The molecule has 0 unspecified atom stereocenters. The van der Waals surface area contributed by atoms with E-state index in [4.69, 9.17) is 28.6 Å².